The Balaban J connectivity index is 1.87. The van der Waals surface area contributed by atoms with Gasteiger partial charge in [0.25, 0.3) is 0 Å². The molecule has 1 aromatic heterocycles. The van der Waals surface area contributed by atoms with Gasteiger partial charge in [0.15, 0.2) is 0 Å². The summed E-state index contributed by atoms with van der Waals surface area (Å²) in [5.74, 6) is -0.682. The highest BCUT2D eigenvalue weighted by atomic mass is 35.5. The maximum absolute atomic E-state index is 11.9. The van der Waals surface area contributed by atoms with Crippen LogP contribution in [-0.2, 0) is 40.5 Å². The molecule has 0 radical (unpaired) electrons. The fourth-order valence-electron chi connectivity index (χ4n) is 4.12. The maximum atomic E-state index is 11.9. The molecule has 4 atom stereocenters. The summed E-state index contributed by atoms with van der Waals surface area (Å²) in [6, 6.07) is 16.9. The number of rotatable bonds is 9. The molecule has 36 heavy (non-hydrogen) atoms. The summed E-state index contributed by atoms with van der Waals surface area (Å²) in [6.07, 6.45) is 0.347. The Morgan fingerprint density at radius 3 is 2.11 bits per heavy atom. The molecular weight excluding hydrogens is 534 g/mol. The van der Waals surface area contributed by atoms with Gasteiger partial charge in [0, 0.05) is 23.3 Å². The predicted octanol–water partition coefficient (Wildman–Crippen LogP) is 3.81. The van der Waals surface area contributed by atoms with E-state index in [-0.39, 0.29) is 12.2 Å². The molecule has 1 heterocycles. The fraction of sp³-hybridized carbons (Fsp3) is 0.217. The van der Waals surface area contributed by atoms with E-state index in [2.05, 4.69) is 4.98 Å². The Morgan fingerprint density at radius 1 is 0.861 bits per heavy atom. The van der Waals surface area contributed by atoms with E-state index in [0.717, 1.165) is 5.56 Å². The minimum atomic E-state index is -5.13. The second kappa shape index (κ2) is 10.8. The van der Waals surface area contributed by atoms with Crippen LogP contribution in [0, 0.1) is 0 Å². The van der Waals surface area contributed by atoms with Gasteiger partial charge in [-0.1, -0.05) is 60.1 Å². The highest BCUT2D eigenvalue weighted by Gasteiger charge is 2.47. The molecule has 10 nitrogen and oxygen atoms in total. The van der Waals surface area contributed by atoms with Crippen molar-refractivity contribution in [3.05, 3.63) is 101 Å². The molecule has 192 valence electrons. The van der Waals surface area contributed by atoms with Crippen molar-refractivity contribution in [3.63, 3.8) is 0 Å². The first-order chi connectivity index (χ1) is 17.0. The summed E-state index contributed by atoms with van der Waals surface area (Å²) >= 11 is 5.99. The summed E-state index contributed by atoms with van der Waals surface area (Å²) in [7, 11) is -10.2. The standard InChI is InChI=1S/C23H22ClNO9S2/c24-18-8-6-16(7-9-18)19-12-20(17-10-11-25-13-17)21(32-14-15-4-2-1-3-5-15)23(34-36(29,30)31)22(19)33-35(26,27)28/h1-13,20-23,25H,14H2,(H,26,27,28)(H,29,30,31)/t20-,21-,22-,23+/m1/s1. The number of benzene rings is 2. The van der Waals surface area contributed by atoms with E-state index in [4.69, 9.17) is 24.7 Å². The molecule has 1 aliphatic rings. The summed E-state index contributed by atoms with van der Waals surface area (Å²) in [6.45, 7) is 0.000475. The van der Waals surface area contributed by atoms with Crippen LogP contribution in [0.2, 0.25) is 5.02 Å². The van der Waals surface area contributed by atoms with Crippen LogP contribution in [0.5, 0.6) is 0 Å². The van der Waals surface area contributed by atoms with Crippen molar-refractivity contribution in [2.75, 3.05) is 0 Å². The minimum Gasteiger partial charge on any atom is -0.370 e. The summed E-state index contributed by atoms with van der Waals surface area (Å²) in [5.41, 5.74) is 1.99. The number of aromatic amines is 1. The fourth-order valence-corrected chi connectivity index (χ4v) is 5.21. The molecule has 3 N–H and O–H groups in total. The smallest absolute Gasteiger partial charge is 0.370 e. The zero-order valence-electron chi connectivity index (χ0n) is 18.5. The molecule has 0 amide bonds. The van der Waals surface area contributed by atoms with E-state index in [1.807, 2.05) is 6.07 Å². The van der Waals surface area contributed by atoms with Crippen molar-refractivity contribution in [2.24, 2.45) is 0 Å². The van der Waals surface area contributed by atoms with Crippen molar-refractivity contribution in [1.29, 1.82) is 0 Å². The number of hydrogen-bond acceptors (Lipinski definition) is 7. The van der Waals surface area contributed by atoms with Crippen LogP contribution in [0.3, 0.4) is 0 Å². The van der Waals surface area contributed by atoms with E-state index in [1.165, 1.54) is 0 Å². The third-order valence-corrected chi connectivity index (χ3v) is 6.74. The average Bonchev–Trinajstić information content (AvgIpc) is 3.33. The van der Waals surface area contributed by atoms with Crippen molar-refractivity contribution in [2.45, 2.75) is 30.8 Å². The van der Waals surface area contributed by atoms with Gasteiger partial charge in [-0.3, -0.25) is 9.11 Å². The van der Waals surface area contributed by atoms with Gasteiger partial charge in [-0.25, -0.2) is 8.37 Å². The second-order valence-electron chi connectivity index (χ2n) is 7.99. The number of hydrogen-bond donors (Lipinski definition) is 3. The first-order valence-corrected chi connectivity index (χ1v) is 13.7. The van der Waals surface area contributed by atoms with E-state index in [1.54, 1.807) is 73.1 Å². The van der Waals surface area contributed by atoms with Gasteiger partial charge in [0.2, 0.25) is 0 Å². The van der Waals surface area contributed by atoms with Crippen LogP contribution in [-0.4, -0.2) is 49.2 Å². The quantitative estimate of drug-likeness (QED) is 0.334. The normalized spacial score (nSPS) is 22.8. The number of halogens is 1. The molecule has 0 saturated carbocycles. The topological polar surface area (TPSA) is 152 Å². The molecular formula is C23H22ClNO9S2. The van der Waals surface area contributed by atoms with E-state index >= 15 is 0 Å². The molecule has 0 saturated heterocycles. The summed E-state index contributed by atoms with van der Waals surface area (Å²) in [4.78, 5) is 2.92. The van der Waals surface area contributed by atoms with Gasteiger partial charge in [-0.05, 0) is 40.5 Å². The van der Waals surface area contributed by atoms with Crippen molar-refractivity contribution in [3.8, 4) is 0 Å². The Hall–Kier alpha value is -2.55. The molecule has 0 spiro atoms. The molecule has 0 aliphatic heterocycles. The Morgan fingerprint density at radius 2 is 1.53 bits per heavy atom. The average molecular weight is 556 g/mol. The van der Waals surface area contributed by atoms with Gasteiger partial charge in [-0.2, -0.15) is 16.8 Å². The SMILES string of the molecule is O=S(=O)(O)O[C@H]1[C@H](OCc2ccccc2)[C@@H](c2cc[nH]c2)C=C(c2ccc(Cl)cc2)[C@H]1OS(=O)(=O)O. The number of H-pyrrole nitrogens is 1. The third-order valence-electron chi connectivity index (χ3n) is 5.57. The lowest BCUT2D eigenvalue weighted by Crippen LogP contribution is -2.50. The van der Waals surface area contributed by atoms with Crippen LogP contribution in [0.4, 0.5) is 0 Å². The van der Waals surface area contributed by atoms with Gasteiger partial charge < -0.3 is 9.72 Å². The number of ether oxygens (including phenoxy) is 1. The van der Waals surface area contributed by atoms with Crippen LogP contribution in [0.25, 0.3) is 5.57 Å². The van der Waals surface area contributed by atoms with Gasteiger partial charge >= 0.3 is 20.8 Å². The van der Waals surface area contributed by atoms with Crippen LogP contribution in [0.15, 0.2) is 79.1 Å². The zero-order valence-corrected chi connectivity index (χ0v) is 20.9. The highest BCUT2D eigenvalue weighted by molar-refractivity contribution is 7.81. The van der Waals surface area contributed by atoms with Gasteiger partial charge in [-0.15, -0.1) is 0 Å². The van der Waals surface area contributed by atoms with E-state index in [9.17, 15) is 25.9 Å². The summed E-state index contributed by atoms with van der Waals surface area (Å²) in [5, 5.41) is 0.402. The number of nitrogens with one attached hydrogen (secondary N) is 1. The Kier molecular flexibility index (Phi) is 7.97. The molecule has 3 aromatic rings. The predicted molar refractivity (Wildman–Crippen MR) is 131 cm³/mol. The first kappa shape index (κ1) is 26.5. The molecule has 4 rings (SSSR count). The lowest BCUT2D eigenvalue weighted by molar-refractivity contribution is -0.0755. The van der Waals surface area contributed by atoms with Crippen LogP contribution >= 0.6 is 11.6 Å². The van der Waals surface area contributed by atoms with E-state index < -0.39 is 45.0 Å². The lowest BCUT2D eigenvalue weighted by Gasteiger charge is -2.40. The number of aromatic nitrogens is 1. The molecule has 1 aliphatic carbocycles. The second-order valence-corrected chi connectivity index (χ2v) is 10.5. The van der Waals surface area contributed by atoms with Crippen molar-refractivity contribution >= 4 is 38.0 Å². The van der Waals surface area contributed by atoms with Crippen molar-refractivity contribution < 1.29 is 39.0 Å². The Bertz CT molecular complexity index is 1410. The molecule has 2 aromatic carbocycles. The lowest BCUT2D eigenvalue weighted by atomic mass is 9.78. The molecule has 0 bridgehead atoms. The van der Waals surface area contributed by atoms with Crippen molar-refractivity contribution in [1.82, 2.24) is 4.98 Å². The first-order valence-electron chi connectivity index (χ1n) is 10.6. The monoisotopic (exact) mass is 555 g/mol. The maximum Gasteiger partial charge on any atom is 0.398 e. The van der Waals surface area contributed by atoms with Gasteiger partial charge in [0.1, 0.15) is 12.2 Å². The molecule has 0 unspecified atom stereocenters. The summed E-state index contributed by atoms with van der Waals surface area (Å²) < 4.78 is 82.4. The van der Waals surface area contributed by atoms with E-state index in [0.29, 0.717) is 16.1 Å². The zero-order chi connectivity index (χ0) is 25.9. The molecule has 13 heteroatoms. The van der Waals surface area contributed by atoms with Crippen LogP contribution < -0.4 is 0 Å². The van der Waals surface area contributed by atoms with Crippen LogP contribution in [0.1, 0.15) is 22.6 Å². The molecule has 0 fully saturated rings. The van der Waals surface area contributed by atoms with Gasteiger partial charge in [0.05, 0.1) is 12.7 Å². The largest absolute Gasteiger partial charge is 0.398 e. The Labute approximate surface area is 213 Å². The highest BCUT2D eigenvalue weighted by Crippen LogP contribution is 2.42. The third kappa shape index (κ3) is 6.81. The minimum absolute atomic E-state index is 0.000475.